The molecule has 0 aliphatic heterocycles. The van der Waals surface area contributed by atoms with Crippen molar-refractivity contribution in [2.24, 2.45) is 11.7 Å². The topological polar surface area (TPSA) is 43.1 Å². The Morgan fingerprint density at radius 2 is 2.00 bits per heavy atom. The maximum Gasteiger partial charge on any atom is 0.221 e. The van der Waals surface area contributed by atoms with Crippen LogP contribution in [0.3, 0.4) is 0 Å². The van der Waals surface area contributed by atoms with Crippen molar-refractivity contribution in [3.05, 3.63) is 35.4 Å². The molecule has 0 heterocycles. The van der Waals surface area contributed by atoms with Crippen molar-refractivity contribution < 1.29 is 4.79 Å². The fourth-order valence-electron chi connectivity index (χ4n) is 1.69. The molecule has 2 heteroatoms. The minimum absolute atomic E-state index is 0.0858. The largest absolute Gasteiger partial charge is 0.369 e. The molecule has 2 rings (SSSR count). The van der Waals surface area contributed by atoms with Gasteiger partial charge >= 0.3 is 0 Å². The van der Waals surface area contributed by atoms with Gasteiger partial charge in [0.25, 0.3) is 0 Å². The Bertz CT molecular complexity index is 328. The van der Waals surface area contributed by atoms with Gasteiger partial charge in [-0.25, -0.2) is 0 Å². The van der Waals surface area contributed by atoms with Crippen LogP contribution < -0.4 is 5.73 Å². The summed E-state index contributed by atoms with van der Waals surface area (Å²) < 4.78 is 0. The standard InChI is InChI=1S/C11H13NO/c1-7-2-4-8(5-3-7)9-6-10(9)11(12)13/h2-5,9-10H,6H2,1H3,(H2,12,13)/t9-,10+/m0/s1. The van der Waals surface area contributed by atoms with Crippen LogP contribution in [-0.2, 0) is 4.79 Å². The van der Waals surface area contributed by atoms with Crippen LogP contribution in [0.4, 0.5) is 0 Å². The molecule has 0 spiro atoms. The number of primary amides is 1. The van der Waals surface area contributed by atoms with Gasteiger partial charge in [-0.2, -0.15) is 0 Å². The first-order valence-corrected chi connectivity index (χ1v) is 4.54. The van der Waals surface area contributed by atoms with Crippen molar-refractivity contribution in [2.75, 3.05) is 0 Å². The SMILES string of the molecule is Cc1ccc([C@@H]2C[C@H]2C(N)=O)cc1. The summed E-state index contributed by atoms with van der Waals surface area (Å²) in [5.41, 5.74) is 7.71. The molecule has 1 saturated carbocycles. The average molecular weight is 175 g/mol. The molecule has 2 nitrogen and oxygen atoms in total. The van der Waals surface area contributed by atoms with E-state index in [9.17, 15) is 4.79 Å². The molecule has 68 valence electrons. The van der Waals surface area contributed by atoms with Gasteiger partial charge < -0.3 is 5.73 Å². The number of carbonyl (C=O) groups is 1. The average Bonchev–Trinajstić information content (AvgIpc) is 2.85. The number of carbonyl (C=O) groups excluding carboxylic acids is 1. The smallest absolute Gasteiger partial charge is 0.221 e. The number of nitrogens with two attached hydrogens (primary N) is 1. The van der Waals surface area contributed by atoms with E-state index in [0.29, 0.717) is 5.92 Å². The van der Waals surface area contributed by atoms with Crippen LogP contribution in [0.5, 0.6) is 0 Å². The van der Waals surface area contributed by atoms with E-state index in [1.807, 2.05) is 0 Å². The monoisotopic (exact) mass is 175 g/mol. The number of hydrogen-bond acceptors (Lipinski definition) is 1. The lowest BCUT2D eigenvalue weighted by molar-refractivity contribution is -0.119. The quantitative estimate of drug-likeness (QED) is 0.728. The van der Waals surface area contributed by atoms with Gasteiger partial charge in [0.2, 0.25) is 5.91 Å². The van der Waals surface area contributed by atoms with Crippen LogP contribution in [0.25, 0.3) is 0 Å². The second kappa shape index (κ2) is 2.87. The summed E-state index contributed by atoms with van der Waals surface area (Å²) in [5.74, 6) is 0.311. The van der Waals surface area contributed by atoms with Crippen molar-refractivity contribution in [1.82, 2.24) is 0 Å². The molecule has 1 amide bonds. The van der Waals surface area contributed by atoms with Crippen molar-refractivity contribution in [3.63, 3.8) is 0 Å². The zero-order chi connectivity index (χ0) is 9.42. The second-order valence-electron chi connectivity index (χ2n) is 3.76. The molecule has 0 saturated heterocycles. The van der Waals surface area contributed by atoms with Crippen LogP contribution >= 0.6 is 0 Å². The highest BCUT2D eigenvalue weighted by Gasteiger charge is 2.42. The van der Waals surface area contributed by atoms with E-state index in [2.05, 4.69) is 31.2 Å². The normalized spacial score (nSPS) is 25.6. The summed E-state index contributed by atoms with van der Waals surface area (Å²) in [4.78, 5) is 10.8. The molecule has 1 aromatic rings. The van der Waals surface area contributed by atoms with Crippen molar-refractivity contribution >= 4 is 5.91 Å². The molecule has 1 fully saturated rings. The van der Waals surface area contributed by atoms with Crippen LogP contribution in [0.1, 0.15) is 23.5 Å². The number of amides is 1. The van der Waals surface area contributed by atoms with Gasteiger partial charge in [-0.1, -0.05) is 29.8 Å². The lowest BCUT2D eigenvalue weighted by atomic mass is 10.1. The van der Waals surface area contributed by atoms with Crippen LogP contribution in [0.15, 0.2) is 24.3 Å². The number of aryl methyl sites for hydroxylation is 1. The third-order valence-electron chi connectivity index (χ3n) is 2.66. The van der Waals surface area contributed by atoms with E-state index in [1.54, 1.807) is 0 Å². The Labute approximate surface area is 77.8 Å². The summed E-state index contributed by atoms with van der Waals surface area (Å²) in [6.45, 7) is 2.06. The van der Waals surface area contributed by atoms with E-state index in [0.717, 1.165) is 6.42 Å². The maximum absolute atomic E-state index is 10.8. The minimum Gasteiger partial charge on any atom is -0.369 e. The van der Waals surface area contributed by atoms with Gasteiger partial charge in [0.1, 0.15) is 0 Å². The van der Waals surface area contributed by atoms with E-state index >= 15 is 0 Å². The molecule has 1 aliphatic rings. The lowest BCUT2D eigenvalue weighted by Gasteiger charge is -1.98. The first-order valence-electron chi connectivity index (χ1n) is 4.54. The van der Waals surface area contributed by atoms with Gasteiger partial charge in [-0.05, 0) is 24.8 Å². The van der Waals surface area contributed by atoms with Gasteiger partial charge in [0.15, 0.2) is 0 Å². The molecule has 0 unspecified atom stereocenters. The number of benzene rings is 1. The summed E-state index contributed by atoms with van der Waals surface area (Å²) >= 11 is 0. The van der Waals surface area contributed by atoms with Crippen molar-refractivity contribution in [3.8, 4) is 0 Å². The fraction of sp³-hybridized carbons (Fsp3) is 0.364. The minimum atomic E-state index is -0.162. The molecule has 13 heavy (non-hydrogen) atoms. The molecular formula is C11H13NO. The molecule has 1 aromatic carbocycles. The predicted molar refractivity (Wildman–Crippen MR) is 51.2 cm³/mol. The van der Waals surface area contributed by atoms with Gasteiger partial charge in [0, 0.05) is 5.92 Å². The van der Waals surface area contributed by atoms with Crippen molar-refractivity contribution in [2.45, 2.75) is 19.3 Å². The fourth-order valence-corrected chi connectivity index (χ4v) is 1.69. The summed E-state index contributed by atoms with van der Waals surface area (Å²) in [5, 5.41) is 0. The second-order valence-corrected chi connectivity index (χ2v) is 3.76. The Kier molecular flexibility index (Phi) is 1.83. The maximum atomic E-state index is 10.8. The summed E-state index contributed by atoms with van der Waals surface area (Å²) in [6.07, 6.45) is 0.929. The van der Waals surface area contributed by atoms with Crippen LogP contribution in [0, 0.1) is 12.8 Å². The van der Waals surface area contributed by atoms with E-state index < -0.39 is 0 Å². The third kappa shape index (κ3) is 1.57. The Morgan fingerprint density at radius 3 is 2.46 bits per heavy atom. The predicted octanol–water partition coefficient (Wildman–Crippen LogP) is 1.58. The highest BCUT2D eigenvalue weighted by molar-refractivity contribution is 5.81. The first-order chi connectivity index (χ1) is 6.18. The Hall–Kier alpha value is -1.31. The molecule has 2 N–H and O–H groups in total. The molecule has 0 radical (unpaired) electrons. The number of rotatable bonds is 2. The highest BCUT2D eigenvalue weighted by Crippen LogP contribution is 2.46. The molecular weight excluding hydrogens is 162 g/mol. The lowest BCUT2D eigenvalue weighted by Crippen LogP contribution is -2.13. The van der Waals surface area contributed by atoms with E-state index in [1.165, 1.54) is 11.1 Å². The molecule has 0 aromatic heterocycles. The van der Waals surface area contributed by atoms with Gasteiger partial charge in [0.05, 0.1) is 0 Å². The first kappa shape index (κ1) is 8.30. The number of hydrogen-bond donors (Lipinski definition) is 1. The van der Waals surface area contributed by atoms with Crippen molar-refractivity contribution in [1.29, 1.82) is 0 Å². The molecule has 0 bridgehead atoms. The molecule has 1 aliphatic carbocycles. The molecule has 2 atom stereocenters. The van der Waals surface area contributed by atoms with Gasteiger partial charge in [-0.3, -0.25) is 4.79 Å². The van der Waals surface area contributed by atoms with Crippen LogP contribution in [-0.4, -0.2) is 5.91 Å². The van der Waals surface area contributed by atoms with E-state index in [-0.39, 0.29) is 11.8 Å². The zero-order valence-electron chi connectivity index (χ0n) is 7.66. The zero-order valence-corrected chi connectivity index (χ0v) is 7.66. The Morgan fingerprint density at radius 1 is 1.38 bits per heavy atom. The van der Waals surface area contributed by atoms with Crippen LogP contribution in [0.2, 0.25) is 0 Å². The van der Waals surface area contributed by atoms with Gasteiger partial charge in [-0.15, -0.1) is 0 Å². The summed E-state index contributed by atoms with van der Waals surface area (Å²) in [7, 11) is 0. The summed E-state index contributed by atoms with van der Waals surface area (Å²) in [6, 6.07) is 8.32. The van der Waals surface area contributed by atoms with E-state index in [4.69, 9.17) is 5.73 Å². The third-order valence-corrected chi connectivity index (χ3v) is 2.66. The Balaban J connectivity index is 2.12. The highest BCUT2D eigenvalue weighted by atomic mass is 16.1.